The van der Waals surface area contributed by atoms with Crippen molar-refractivity contribution < 1.29 is 0 Å². The van der Waals surface area contributed by atoms with Crippen LogP contribution in [0.2, 0.25) is 0 Å². The van der Waals surface area contributed by atoms with E-state index in [0.717, 1.165) is 0 Å². The molecule has 1 nitrogen and oxygen atoms in total. The van der Waals surface area contributed by atoms with Crippen LogP contribution in [-0.4, -0.2) is 24.1 Å². The number of nitrogens with one attached hydrogen (secondary N) is 1. The number of rotatable bonds is 9. The summed E-state index contributed by atoms with van der Waals surface area (Å²) in [6.45, 7) is 12.6. The molecule has 0 heterocycles. The number of hydrogen-bond acceptors (Lipinski definition) is 2. The monoisotopic (exact) mass is 259 g/mol. The van der Waals surface area contributed by atoms with Gasteiger partial charge in [-0.3, -0.25) is 0 Å². The van der Waals surface area contributed by atoms with E-state index in [4.69, 9.17) is 0 Å². The van der Waals surface area contributed by atoms with Crippen LogP contribution in [0.4, 0.5) is 0 Å². The number of hydrogen-bond donors (Lipinski definition) is 1. The van der Waals surface area contributed by atoms with E-state index in [2.05, 4.69) is 46.2 Å². The summed E-state index contributed by atoms with van der Waals surface area (Å²) in [4.78, 5) is 0. The summed E-state index contributed by atoms with van der Waals surface area (Å²) >= 11 is 1.98. The van der Waals surface area contributed by atoms with Crippen molar-refractivity contribution in [3.05, 3.63) is 0 Å². The molecule has 0 spiro atoms. The molecular weight excluding hydrogens is 226 g/mol. The fourth-order valence-corrected chi connectivity index (χ4v) is 2.74. The summed E-state index contributed by atoms with van der Waals surface area (Å²) in [6, 6.07) is 0. The second kappa shape index (κ2) is 8.42. The lowest BCUT2D eigenvalue weighted by atomic mass is 9.77. The first-order valence-electron chi connectivity index (χ1n) is 7.13. The van der Waals surface area contributed by atoms with Crippen molar-refractivity contribution in [2.45, 2.75) is 72.3 Å². The molecule has 0 bridgehead atoms. The molecule has 104 valence electrons. The minimum Gasteiger partial charge on any atom is -0.312 e. The molecule has 0 aromatic heterocycles. The standard InChI is InChI=1S/C15H33NS/c1-7-9-10-15(8-2,11-12-17-6)13-16-14(3,4)5/h16H,7-13H2,1-6H3. The predicted octanol–water partition coefficient (Wildman–Crippen LogP) is 4.71. The van der Waals surface area contributed by atoms with Crippen LogP contribution < -0.4 is 5.32 Å². The minimum absolute atomic E-state index is 0.242. The highest BCUT2D eigenvalue weighted by Crippen LogP contribution is 2.33. The molecule has 0 rings (SSSR count). The maximum atomic E-state index is 3.72. The van der Waals surface area contributed by atoms with Crippen molar-refractivity contribution in [1.29, 1.82) is 0 Å². The second-order valence-electron chi connectivity index (χ2n) is 6.30. The van der Waals surface area contributed by atoms with Crippen LogP contribution in [0.25, 0.3) is 0 Å². The van der Waals surface area contributed by atoms with Gasteiger partial charge in [0.25, 0.3) is 0 Å². The van der Waals surface area contributed by atoms with Crippen LogP contribution in [0, 0.1) is 5.41 Å². The zero-order valence-electron chi connectivity index (χ0n) is 12.9. The average Bonchev–Trinajstić information content (AvgIpc) is 2.28. The highest BCUT2D eigenvalue weighted by Gasteiger charge is 2.28. The van der Waals surface area contributed by atoms with Gasteiger partial charge in [0, 0.05) is 12.1 Å². The van der Waals surface area contributed by atoms with Crippen LogP contribution in [-0.2, 0) is 0 Å². The Morgan fingerprint density at radius 2 is 1.71 bits per heavy atom. The smallest absolute Gasteiger partial charge is 0.00967 e. The third-order valence-electron chi connectivity index (χ3n) is 3.64. The van der Waals surface area contributed by atoms with Crippen molar-refractivity contribution in [3.8, 4) is 0 Å². The summed E-state index contributed by atoms with van der Waals surface area (Å²) in [7, 11) is 0. The van der Waals surface area contributed by atoms with Gasteiger partial charge in [-0.15, -0.1) is 0 Å². The van der Waals surface area contributed by atoms with Crippen LogP contribution in [0.15, 0.2) is 0 Å². The first kappa shape index (κ1) is 17.3. The van der Waals surface area contributed by atoms with Gasteiger partial charge in [-0.2, -0.15) is 11.8 Å². The molecule has 0 aliphatic carbocycles. The molecule has 0 aromatic rings. The molecule has 0 fully saturated rings. The third-order valence-corrected chi connectivity index (χ3v) is 4.25. The molecule has 0 aromatic carbocycles. The highest BCUT2D eigenvalue weighted by molar-refractivity contribution is 7.98. The maximum Gasteiger partial charge on any atom is 0.00967 e. The molecule has 0 aliphatic rings. The van der Waals surface area contributed by atoms with E-state index >= 15 is 0 Å². The third kappa shape index (κ3) is 8.10. The Balaban J connectivity index is 4.43. The summed E-state index contributed by atoms with van der Waals surface area (Å²) in [5.74, 6) is 1.30. The van der Waals surface area contributed by atoms with Gasteiger partial charge in [-0.05, 0) is 57.5 Å². The zero-order chi connectivity index (χ0) is 13.4. The van der Waals surface area contributed by atoms with Gasteiger partial charge < -0.3 is 5.32 Å². The summed E-state index contributed by atoms with van der Waals surface area (Å²) in [5, 5.41) is 3.72. The summed E-state index contributed by atoms with van der Waals surface area (Å²) < 4.78 is 0. The fourth-order valence-electron chi connectivity index (χ4n) is 2.10. The van der Waals surface area contributed by atoms with Crippen molar-refractivity contribution in [1.82, 2.24) is 5.32 Å². The van der Waals surface area contributed by atoms with Gasteiger partial charge in [0.15, 0.2) is 0 Å². The van der Waals surface area contributed by atoms with Crippen molar-refractivity contribution in [2.75, 3.05) is 18.6 Å². The Hall–Kier alpha value is 0.310. The first-order chi connectivity index (χ1) is 7.89. The van der Waals surface area contributed by atoms with E-state index in [1.165, 1.54) is 44.4 Å². The zero-order valence-corrected chi connectivity index (χ0v) is 13.7. The van der Waals surface area contributed by atoms with Crippen LogP contribution in [0.5, 0.6) is 0 Å². The van der Waals surface area contributed by atoms with Gasteiger partial charge in [0.1, 0.15) is 0 Å². The van der Waals surface area contributed by atoms with Gasteiger partial charge in [0.2, 0.25) is 0 Å². The average molecular weight is 260 g/mol. The maximum absolute atomic E-state index is 3.72. The second-order valence-corrected chi connectivity index (χ2v) is 7.29. The van der Waals surface area contributed by atoms with Crippen LogP contribution in [0.1, 0.15) is 66.7 Å². The Morgan fingerprint density at radius 3 is 2.12 bits per heavy atom. The van der Waals surface area contributed by atoms with Crippen molar-refractivity contribution in [2.24, 2.45) is 5.41 Å². The Kier molecular flexibility index (Phi) is 8.57. The number of thioether (sulfide) groups is 1. The molecule has 2 heteroatoms. The Morgan fingerprint density at radius 1 is 1.06 bits per heavy atom. The van der Waals surface area contributed by atoms with Gasteiger partial charge >= 0.3 is 0 Å². The highest BCUT2D eigenvalue weighted by atomic mass is 32.2. The SMILES string of the molecule is CCCCC(CC)(CCSC)CNC(C)(C)C. The van der Waals surface area contributed by atoms with E-state index in [9.17, 15) is 0 Å². The van der Waals surface area contributed by atoms with Gasteiger partial charge in [-0.25, -0.2) is 0 Å². The molecule has 0 saturated heterocycles. The lowest BCUT2D eigenvalue weighted by molar-refractivity contribution is 0.202. The lowest BCUT2D eigenvalue weighted by Crippen LogP contribution is -2.44. The summed E-state index contributed by atoms with van der Waals surface area (Å²) in [5.41, 5.74) is 0.762. The van der Waals surface area contributed by atoms with E-state index in [0.29, 0.717) is 5.41 Å². The van der Waals surface area contributed by atoms with E-state index < -0.39 is 0 Å². The summed E-state index contributed by atoms with van der Waals surface area (Å²) in [6.07, 6.45) is 8.94. The molecule has 0 aliphatic heterocycles. The van der Waals surface area contributed by atoms with Gasteiger partial charge in [-0.1, -0.05) is 26.7 Å². The molecule has 17 heavy (non-hydrogen) atoms. The van der Waals surface area contributed by atoms with Crippen molar-refractivity contribution >= 4 is 11.8 Å². The molecule has 1 unspecified atom stereocenters. The van der Waals surface area contributed by atoms with E-state index in [1.54, 1.807) is 0 Å². The van der Waals surface area contributed by atoms with Crippen LogP contribution >= 0.6 is 11.8 Å². The van der Waals surface area contributed by atoms with Crippen molar-refractivity contribution in [3.63, 3.8) is 0 Å². The van der Waals surface area contributed by atoms with E-state index in [-0.39, 0.29) is 5.54 Å². The lowest BCUT2D eigenvalue weighted by Gasteiger charge is -2.36. The topological polar surface area (TPSA) is 12.0 Å². The van der Waals surface area contributed by atoms with Crippen LogP contribution in [0.3, 0.4) is 0 Å². The quantitative estimate of drug-likeness (QED) is 0.643. The molecule has 1 atom stereocenters. The first-order valence-corrected chi connectivity index (χ1v) is 8.52. The molecule has 0 amide bonds. The Bertz CT molecular complexity index is 176. The van der Waals surface area contributed by atoms with E-state index in [1.807, 2.05) is 11.8 Å². The minimum atomic E-state index is 0.242. The van der Waals surface area contributed by atoms with Gasteiger partial charge in [0.05, 0.1) is 0 Å². The molecule has 0 radical (unpaired) electrons. The molecule has 1 N–H and O–H groups in total. The number of unbranched alkanes of at least 4 members (excludes halogenated alkanes) is 1. The fraction of sp³-hybridized carbons (Fsp3) is 1.00. The Labute approximate surface area is 114 Å². The molecular formula is C15H33NS. The predicted molar refractivity (Wildman–Crippen MR) is 83.0 cm³/mol. The molecule has 0 saturated carbocycles. The normalized spacial score (nSPS) is 15.9. The largest absolute Gasteiger partial charge is 0.312 e.